The van der Waals surface area contributed by atoms with Gasteiger partial charge in [-0.25, -0.2) is 4.98 Å². The molecule has 0 spiro atoms. The van der Waals surface area contributed by atoms with Crippen molar-refractivity contribution < 1.29 is 0 Å². The van der Waals surface area contributed by atoms with Gasteiger partial charge in [-0.3, -0.25) is 0 Å². The minimum Gasteiger partial charge on any atom is -0.338 e. The first kappa shape index (κ1) is 12.8. The maximum Gasteiger partial charge on any atom is 0.108 e. The van der Waals surface area contributed by atoms with E-state index in [1.807, 2.05) is 12.4 Å². The summed E-state index contributed by atoms with van der Waals surface area (Å²) in [6, 6.07) is 0. The second-order valence-electron chi connectivity index (χ2n) is 5.18. The molecular weight excluding hydrogens is 252 g/mol. The van der Waals surface area contributed by atoms with E-state index < -0.39 is 0 Å². The summed E-state index contributed by atoms with van der Waals surface area (Å²) < 4.78 is 2.10. The van der Waals surface area contributed by atoms with Gasteiger partial charge in [0.15, 0.2) is 0 Å². The van der Waals surface area contributed by atoms with Crippen LogP contribution in [-0.4, -0.2) is 14.4 Å². The van der Waals surface area contributed by atoms with Gasteiger partial charge in [0.25, 0.3) is 0 Å². The van der Waals surface area contributed by atoms with E-state index in [4.69, 9.17) is 0 Å². The molecule has 15 heavy (non-hydrogen) atoms. The average Bonchev–Trinajstić information content (AvgIpc) is 2.50. The molecule has 1 rings (SSSR count). The van der Waals surface area contributed by atoms with Crippen molar-refractivity contribution in [1.82, 2.24) is 9.55 Å². The Kier molecular flexibility index (Phi) is 4.38. The fraction of sp³-hybridized carbons (Fsp3) is 0.750. The maximum atomic E-state index is 4.32. The molecule has 0 fully saturated rings. The second-order valence-corrected chi connectivity index (χ2v) is 6.29. The van der Waals surface area contributed by atoms with Crippen LogP contribution in [0.25, 0.3) is 0 Å². The first-order valence-corrected chi connectivity index (χ1v) is 6.43. The second kappa shape index (κ2) is 5.15. The Morgan fingerprint density at radius 3 is 2.60 bits per heavy atom. The van der Waals surface area contributed by atoms with Crippen molar-refractivity contribution in [2.75, 3.05) is 0 Å². The first-order chi connectivity index (χ1) is 6.91. The SMILES string of the molecule is Cn1ccnc1CCCC(Br)C(C)(C)C. The molecule has 0 N–H and O–H groups in total. The van der Waals surface area contributed by atoms with Gasteiger partial charge in [-0.15, -0.1) is 0 Å². The van der Waals surface area contributed by atoms with E-state index in [-0.39, 0.29) is 0 Å². The van der Waals surface area contributed by atoms with Gasteiger partial charge in [0.05, 0.1) is 0 Å². The van der Waals surface area contributed by atoms with E-state index in [0.717, 1.165) is 6.42 Å². The predicted octanol–water partition coefficient (Wildman–Crippen LogP) is 3.55. The highest BCUT2D eigenvalue weighted by Gasteiger charge is 2.21. The predicted molar refractivity (Wildman–Crippen MR) is 68.3 cm³/mol. The molecule has 1 atom stereocenters. The Bertz CT molecular complexity index is 299. The van der Waals surface area contributed by atoms with Crippen molar-refractivity contribution in [1.29, 1.82) is 0 Å². The quantitative estimate of drug-likeness (QED) is 0.767. The zero-order chi connectivity index (χ0) is 11.5. The summed E-state index contributed by atoms with van der Waals surface area (Å²) in [7, 11) is 2.05. The van der Waals surface area contributed by atoms with Gasteiger partial charge < -0.3 is 4.57 Å². The van der Waals surface area contributed by atoms with Gasteiger partial charge in [0.2, 0.25) is 0 Å². The van der Waals surface area contributed by atoms with Crippen LogP contribution < -0.4 is 0 Å². The number of alkyl halides is 1. The largest absolute Gasteiger partial charge is 0.338 e. The normalized spacial score (nSPS) is 14.2. The van der Waals surface area contributed by atoms with Gasteiger partial charge >= 0.3 is 0 Å². The Hall–Kier alpha value is -0.310. The fourth-order valence-electron chi connectivity index (χ4n) is 1.51. The summed E-state index contributed by atoms with van der Waals surface area (Å²) in [5, 5.41) is 0. The molecule has 0 aliphatic rings. The van der Waals surface area contributed by atoms with Crippen LogP contribution in [0, 0.1) is 5.41 Å². The molecule has 0 amide bonds. The topological polar surface area (TPSA) is 17.8 Å². The Labute approximate surface area is 101 Å². The number of rotatable bonds is 4. The number of hydrogen-bond acceptors (Lipinski definition) is 1. The standard InChI is InChI=1S/C12H21BrN2/c1-12(2,3)10(13)6-5-7-11-14-8-9-15(11)4/h8-10H,5-7H2,1-4H3. The lowest BCUT2D eigenvalue weighted by atomic mass is 9.89. The van der Waals surface area contributed by atoms with Crippen LogP contribution in [-0.2, 0) is 13.5 Å². The van der Waals surface area contributed by atoms with E-state index in [2.05, 4.69) is 53.3 Å². The van der Waals surface area contributed by atoms with Crippen molar-refractivity contribution >= 4 is 15.9 Å². The van der Waals surface area contributed by atoms with E-state index in [1.54, 1.807) is 0 Å². The summed E-state index contributed by atoms with van der Waals surface area (Å²) in [5.74, 6) is 1.18. The van der Waals surface area contributed by atoms with Gasteiger partial charge in [-0.1, -0.05) is 36.7 Å². The third kappa shape index (κ3) is 3.98. The van der Waals surface area contributed by atoms with E-state index in [9.17, 15) is 0 Å². The third-order valence-electron chi connectivity index (χ3n) is 2.72. The van der Waals surface area contributed by atoms with Gasteiger partial charge in [-0.2, -0.15) is 0 Å². The van der Waals surface area contributed by atoms with E-state index in [1.165, 1.54) is 18.7 Å². The molecule has 3 heteroatoms. The number of halogens is 1. The lowest BCUT2D eigenvalue weighted by molar-refractivity contribution is 0.379. The van der Waals surface area contributed by atoms with Gasteiger partial charge in [0.1, 0.15) is 5.82 Å². The number of imidazole rings is 1. The Balaban J connectivity index is 2.31. The van der Waals surface area contributed by atoms with Crippen LogP contribution in [0.4, 0.5) is 0 Å². The Morgan fingerprint density at radius 1 is 1.47 bits per heavy atom. The number of aryl methyl sites for hydroxylation is 2. The highest BCUT2D eigenvalue weighted by atomic mass is 79.9. The zero-order valence-corrected chi connectivity index (χ0v) is 11.7. The minimum absolute atomic E-state index is 0.349. The van der Waals surface area contributed by atoms with E-state index >= 15 is 0 Å². The molecule has 1 unspecified atom stereocenters. The highest BCUT2D eigenvalue weighted by Crippen LogP contribution is 2.29. The molecule has 0 aliphatic carbocycles. The van der Waals surface area contributed by atoms with Crippen LogP contribution in [0.3, 0.4) is 0 Å². The molecule has 0 radical (unpaired) electrons. The molecule has 0 saturated carbocycles. The zero-order valence-electron chi connectivity index (χ0n) is 10.1. The van der Waals surface area contributed by atoms with Gasteiger partial charge in [0, 0.05) is 30.7 Å². The smallest absolute Gasteiger partial charge is 0.108 e. The van der Waals surface area contributed by atoms with Crippen molar-refractivity contribution in [3.05, 3.63) is 18.2 Å². The average molecular weight is 273 g/mol. The summed E-state index contributed by atoms with van der Waals surface area (Å²) in [6.45, 7) is 6.81. The van der Waals surface area contributed by atoms with Crippen LogP contribution >= 0.6 is 15.9 Å². The molecule has 0 aromatic carbocycles. The highest BCUT2D eigenvalue weighted by molar-refractivity contribution is 9.09. The summed E-state index contributed by atoms with van der Waals surface area (Å²) in [5.41, 5.74) is 0.349. The molecule has 2 nitrogen and oxygen atoms in total. The van der Waals surface area contributed by atoms with Crippen LogP contribution in [0.15, 0.2) is 12.4 Å². The molecule has 0 aliphatic heterocycles. The lowest BCUT2D eigenvalue weighted by Crippen LogP contribution is -2.20. The van der Waals surface area contributed by atoms with Crippen molar-refractivity contribution in [2.24, 2.45) is 12.5 Å². The van der Waals surface area contributed by atoms with E-state index in [0.29, 0.717) is 10.2 Å². The van der Waals surface area contributed by atoms with Crippen molar-refractivity contribution in [3.8, 4) is 0 Å². The van der Waals surface area contributed by atoms with Crippen LogP contribution in [0.1, 0.15) is 39.4 Å². The number of nitrogens with zero attached hydrogens (tertiary/aromatic N) is 2. The molecule has 0 bridgehead atoms. The van der Waals surface area contributed by atoms with Crippen molar-refractivity contribution in [2.45, 2.75) is 44.9 Å². The van der Waals surface area contributed by atoms with Crippen molar-refractivity contribution in [3.63, 3.8) is 0 Å². The third-order valence-corrected chi connectivity index (χ3v) is 4.55. The molecule has 0 saturated heterocycles. The molecular formula is C12H21BrN2. The molecule has 1 aromatic rings. The number of aromatic nitrogens is 2. The molecule has 1 aromatic heterocycles. The lowest BCUT2D eigenvalue weighted by Gasteiger charge is -2.25. The summed E-state index contributed by atoms with van der Waals surface area (Å²) >= 11 is 3.75. The minimum atomic E-state index is 0.349. The fourth-order valence-corrected chi connectivity index (χ4v) is 1.83. The number of hydrogen-bond donors (Lipinski definition) is 0. The molecule has 86 valence electrons. The first-order valence-electron chi connectivity index (χ1n) is 5.51. The van der Waals surface area contributed by atoms with Crippen LogP contribution in [0.2, 0.25) is 0 Å². The maximum absolute atomic E-state index is 4.32. The Morgan fingerprint density at radius 2 is 2.13 bits per heavy atom. The molecule has 1 heterocycles. The van der Waals surface area contributed by atoms with Gasteiger partial charge in [-0.05, 0) is 18.3 Å². The monoisotopic (exact) mass is 272 g/mol. The summed E-state index contributed by atoms with van der Waals surface area (Å²) in [6.07, 6.45) is 7.34. The summed E-state index contributed by atoms with van der Waals surface area (Å²) in [4.78, 5) is 4.91. The van der Waals surface area contributed by atoms with Crippen LogP contribution in [0.5, 0.6) is 0 Å².